The average molecular weight is 265 g/mol. The van der Waals surface area contributed by atoms with Gasteiger partial charge in [-0.1, -0.05) is 19.9 Å². The van der Waals surface area contributed by atoms with E-state index in [1.54, 1.807) is 6.07 Å². The lowest BCUT2D eigenvalue weighted by atomic mass is 9.95. The van der Waals surface area contributed by atoms with Gasteiger partial charge in [-0.3, -0.25) is 0 Å². The Bertz CT molecular complexity index is 519. The van der Waals surface area contributed by atoms with Crippen LogP contribution in [0.25, 0.3) is 5.57 Å². The van der Waals surface area contributed by atoms with Crippen LogP contribution in [0.3, 0.4) is 0 Å². The first-order valence-corrected chi connectivity index (χ1v) is 6.17. The molecule has 3 nitrogen and oxygen atoms in total. The molecular formula is C15H20FNO2. The maximum atomic E-state index is 13.5. The summed E-state index contributed by atoms with van der Waals surface area (Å²) in [5.41, 5.74) is 2.89. The molecule has 0 saturated carbocycles. The summed E-state index contributed by atoms with van der Waals surface area (Å²) < 4.78 is 13.5. The fourth-order valence-corrected chi connectivity index (χ4v) is 1.94. The molecule has 0 aliphatic rings. The van der Waals surface area contributed by atoms with Crippen LogP contribution in [0.15, 0.2) is 24.0 Å². The van der Waals surface area contributed by atoms with E-state index < -0.39 is 11.8 Å². The molecule has 0 fully saturated rings. The highest BCUT2D eigenvalue weighted by Gasteiger charge is 2.15. The minimum Gasteiger partial charge on any atom is -0.476 e. The van der Waals surface area contributed by atoms with Gasteiger partial charge < -0.3 is 10.0 Å². The number of hydrogen-bond donors (Lipinski definition) is 1. The maximum Gasteiger partial charge on any atom is 0.365 e. The van der Waals surface area contributed by atoms with Gasteiger partial charge in [0.1, 0.15) is 0 Å². The Kier molecular flexibility index (Phi) is 4.70. The SMILES string of the molecule is C/C(=C(\F)C(=O)O)c1ccc(N(C)C)c(C(C)C)c1. The summed E-state index contributed by atoms with van der Waals surface area (Å²) in [6.07, 6.45) is 0. The Morgan fingerprint density at radius 3 is 2.32 bits per heavy atom. The van der Waals surface area contributed by atoms with Gasteiger partial charge in [-0.2, -0.15) is 4.39 Å². The Labute approximate surface area is 113 Å². The highest BCUT2D eigenvalue weighted by molar-refractivity contribution is 5.93. The molecule has 1 N–H and O–H groups in total. The number of carboxylic acid groups (broad SMARTS) is 1. The lowest BCUT2D eigenvalue weighted by Crippen LogP contribution is -2.12. The zero-order valence-corrected chi connectivity index (χ0v) is 12.0. The van der Waals surface area contributed by atoms with Gasteiger partial charge in [0.25, 0.3) is 0 Å². The molecule has 4 heteroatoms. The molecule has 1 rings (SSSR count). The van der Waals surface area contributed by atoms with Crippen molar-refractivity contribution in [3.8, 4) is 0 Å². The van der Waals surface area contributed by atoms with E-state index in [0.29, 0.717) is 5.56 Å². The van der Waals surface area contributed by atoms with E-state index in [0.717, 1.165) is 11.3 Å². The molecule has 0 unspecified atom stereocenters. The van der Waals surface area contributed by atoms with Crippen LogP contribution in [-0.4, -0.2) is 25.2 Å². The minimum absolute atomic E-state index is 0.153. The van der Waals surface area contributed by atoms with Gasteiger partial charge in [-0.25, -0.2) is 4.79 Å². The van der Waals surface area contributed by atoms with Crippen molar-refractivity contribution in [1.82, 2.24) is 0 Å². The molecule has 0 saturated heterocycles. The van der Waals surface area contributed by atoms with Crippen molar-refractivity contribution in [3.63, 3.8) is 0 Å². The van der Waals surface area contributed by atoms with Crippen LogP contribution in [0.1, 0.15) is 37.8 Å². The van der Waals surface area contributed by atoms with Crippen LogP contribution in [0, 0.1) is 0 Å². The van der Waals surface area contributed by atoms with Crippen molar-refractivity contribution >= 4 is 17.2 Å². The number of carbonyl (C=O) groups is 1. The highest BCUT2D eigenvalue weighted by atomic mass is 19.1. The predicted molar refractivity (Wildman–Crippen MR) is 76.2 cm³/mol. The molecule has 0 heterocycles. The van der Waals surface area contributed by atoms with Gasteiger partial charge >= 0.3 is 5.97 Å². The summed E-state index contributed by atoms with van der Waals surface area (Å²) in [6.45, 7) is 5.59. The molecule has 0 spiro atoms. The topological polar surface area (TPSA) is 40.5 Å². The highest BCUT2D eigenvalue weighted by Crippen LogP contribution is 2.30. The molecule has 19 heavy (non-hydrogen) atoms. The summed E-state index contributed by atoms with van der Waals surface area (Å²) >= 11 is 0. The number of carboxylic acids is 1. The Morgan fingerprint density at radius 1 is 1.32 bits per heavy atom. The number of hydrogen-bond acceptors (Lipinski definition) is 2. The molecule has 104 valence electrons. The minimum atomic E-state index is -1.53. The lowest BCUT2D eigenvalue weighted by molar-refractivity contribution is -0.134. The molecule has 0 bridgehead atoms. The van der Waals surface area contributed by atoms with E-state index >= 15 is 0 Å². The number of halogens is 1. The second-order valence-electron chi connectivity index (χ2n) is 5.07. The fraction of sp³-hybridized carbons (Fsp3) is 0.400. The maximum absolute atomic E-state index is 13.5. The van der Waals surface area contributed by atoms with E-state index in [1.807, 2.05) is 31.1 Å². The number of anilines is 1. The summed E-state index contributed by atoms with van der Waals surface area (Å²) in [4.78, 5) is 12.7. The molecule has 0 amide bonds. The molecule has 0 atom stereocenters. The molecule has 0 aliphatic carbocycles. The van der Waals surface area contributed by atoms with Crippen LogP contribution in [0.4, 0.5) is 10.1 Å². The first kappa shape index (κ1) is 15.2. The summed E-state index contributed by atoms with van der Waals surface area (Å²) in [7, 11) is 3.89. The third-order valence-corrected chi connectivity index (χ3v) is 3.08. The van der Waals surface area contributed by atoms with Gasteiger partial charge in [0.2, 0.25) is 5.83 Å². The number of rotatable bonds is 4. The van der Waals surface area contributed by atoms with Gasteiger partial charge in [-0.05, 0) is 41.7 Å². The smallest absolute Gasteiger partial charge is 0.365 e. The average Bonchev–Trinajstić information content (AvgIpc) is 2.35. The summed E-state index contributed by atoms with van der Waals surface area (Å²) in [5.74, 6) is -2.36. The van der Waals surface area contributed by atoms with Crippen LogP contribution >= 0.6 is 0 Å². The van der Waals surface area contributed by atoms with Crippen molar-refractivity contribution in [1.29, 1.82) is 0 Å². The standard InChI is InChI=1S/C15H20FNO2/c1-9(2)12-8-11(6-7-13(12)17(4)5)10(3)14(16)15(18)19/h6-9H,1-5H3,(H,18,19)/b14-10+. The van der Waals surface area contributed by atoms with Crippen molar-refractivity contribution in [3.05, 3.63) is 35.2 Å². The van der Waals surface area contributed by atoms with Crippen LogP contribution in [-0.2, 0) is 4.79 Å². The van der Waals surface area contributed by atoms with Crippen LogP contribution in [0.2, 0.25) is 0 Å². The fourth-order valence-electron chi connectivity index (χ4n) is 1.94. The van der Waals surface area contributed by atoms with E-state index in [2.05, 4.69) is 13.8 Å². The van der Waals surface area contributed by atoms with Gasteiger partial charge in [-0.15, -0.1) is 0 Å². The molecule has 0 radical (unpaired) electrons. The third-order valence-electron chi connectivity index (χ3n) is 3.08. The normalized spacial score (nSPS) is 12.4. The van der Waals surface area contributed by atoms with E-state index in [1.165, 1.54) is 6.92 Å². The van der Waals surface area contributed by atoms with Gasteiger partial charge in [0, 0.05) is 19.8 Å². The zero-order valence-electron chi connectivity index (χ0n) is 12.0. The molecule has 0 aromatic heterocycles. The Hall–Kier alpha value is -1.84. The molecule has 1 aromatic rings. The molecule has 1 aromatic carbocycles. The summed E-state index contributed by atoms with van der Waals surface area (Å²) in [5, 5.41) is 8.69. The number of allylic oxidation sites excluding steroid dienone is 1. The first-order valence-electron chi connectivity index (χ1n) is 6.17. The largest absolute Gasteiger partial charge is 0.476 e. The number of nitrogens with zero attached hydrogens (tertiary/aromatic N) is 1. The van der Waals surface area contributed by atoms with Crippen LogP contribution < -0.4 is 4.90 Å². The third kappa shape index (κ3) is 3.34. The monoisotopic (exact) mass is 265 g/mol. The van der Waals surface area contributed by atoms with E-state index in [-0.39, 0.29) is 11.5 Å². The van der Waals surface area contributed by atoms with Crippen molar-refractivity contribution in [2.45, 2.75) is 26.7 Å². The summed E-state index contributed by atoms with van der Waals surface area (Å²) in [6, 6.07) is 5.50. The van der Waals surface area contributed by atoms with Crippen LogP contribution in [0.5, 0.6) is 0 Å². The van der Waals surface area contributed by atoms with E-state index in [9.17, 15) is 9.18 Å². The van der Waals surface area contributed by atoms with Crippen molar-refractivity contribution < 1.29 is 14.3 Å². The van der Waals surface area contributed by atoms with Crippen molar-refractivity contribution in [2.75, 3.05) is 19.0 Å². The first-order chi connectivity index (χ1) is 8.75. The van der Waals surface area contributed by atoms with Gasteiger partial charge in [0.15, 0.2) is 0 Å². The molecule has 0 aliphatic heterocycles. The quantitative estimate of drug-likeness (QED) is 0.845. The predicted octanol–water partition coefficient (Wildman–Crippen LogP) is 3.66. The zero-order chi connectivity index (χ0) is 14.7. The Morgan fingerprint density at radius 2 is 1.89 bits per heavy atom. The van der Waals surface area contributed by atoms with Crippen molar-refractivity contribution in [2.24, 2.45) is 0 Å². The Balaban J connectivity index is 3.38. The number of benzene rings is 1. The second-order valence-corrected chi connectivity index (χ2v) is 5.07. The number of aliphatic carboxylic acids is 1. The van der Waals surface area contributed by atoms with Gasteiger partial charge in [0.05, 0.1) is 0 Å². The molecular weight excluding hydrogens is 245 g/mol. The second kappa shape index (κ2) is 5.87. The van der Waals surface area contributed by atoms with E-state index in [4.69, 9.17) is 5.11 Å². The lowest BCUT2D eigenvalue weighted by Gasteiger charge is -2.21.